The second-order valence-corrected chi connectivity index (χ2v) is 9.00. The van der Waals surface area contributed by atoms with E-state index in [1.54, 1.807) is 0 Å². The Morgan fingerprint density at radius 3 is 2.38 bits per heavy atom. The van der Waals surface area contributed by atoms with Crippen molar-refractivity contribution in [1.82, 2.24) is 0 Å². The van der Waals surface area contributed by atoms with Crippen LogP contribution in [0, 0.1) is 17.8 Å². The summed E-state index contributed by atoms with van der Waals surface area (Å²) in [6, 6.07) is 9.08. The maximum atomic E-state index is 12.7. The van der Waals surface area contributed by atoms with Crippen LogP contribution in [0.1, 0.15) is 12.0 Å². The van der Waals surface area contributed by atoms with Gasteiger partial charge in [0.25, 0.3) is 0 Å². The zero-order valence-corrected chi connectivity index (χ0v) is 13.6. The lowest BCUT2D eigenvalue weighted by atomic mass is 9.91. The van der Waals surface area contributed by atoms with Crippen LogP contribution in [0.5, 0.6) is 0 Å². The van der Waals surface area contributed by atoms with Crippen LogP contribution in [0.4, 0.5) is 0 Å². The molecule has 2 aliphatic carbocycles. The smallest absolute Gasteiger partial charge is 0.324 e. The lowest BCUT2D eigenvalue weighted by molar-refractivity contribution is -0.145. The van der Waals surface area contributed by atoms with Crippen molar-refractivity contribution in [3.63, 3.8) is 0 Å². The van der Waals surface area contributed by atoms with Crippen LogP contribution in [-0.4, -0.2) is 47.1 Å². The molecule has 2 fully saturated rings. The summed E-state index contributed by atoms with van der Waals surface area (Å²) < 4.78 is 25.4. The molecule has 24 heavy (non-hydrogen) atoms. The predicted octanol–water partition coefficient (Wildman–Crippen LogP) is 0.145. The van der Waals surface area contributed by atoms with Gasteiger partial charge in [0.15, 0.2) is 9.84 Å². The number of aliphatic carboxylic acids is 2. The molecule has 8 heteroatoms. The molecule has 1 aromatic rings. The molecule has 2 saturated carbocycles. The summed E-state index contributed by atoms with van der Waals surface area (Å²) in [7, 11) is -3.64. The lowest BCUT2D eigenvalue weighted by Crippen LogP contribution is -2.51. The summed E-state index contributed by atoms with van der Waals surface area (Å²) >= 11 is 0. The van der Waals surface area contributed by atoms with Gasteiger partial charge in [-0.15, -0.1) is 0 Å². The number of benzene rings is 1. The zero-order chi connectivity index (χ0) is 17.7. The van der Waals surface area contributed by atoms with Crippen molar-refractivity contribution >= 4 is 21.8 Å². The fourth-order valence-electron chi connectivity index (χ4n) is 4.04. The van der Waals surface area contributed by atoms with Crippen molar-refractivity contribution in [1.29, 1.82) is 0 Å². The van der Waals surface area contributed by atoms with Crippen LogP contribution in [0.25, 0.3) is 0 Å². The molecule has 130 valence electrons. The summed E-state index contributed by atoms with van der Waals surface area (Å²) in [4.78, 5) is 22.8. The normalized spacial score (nSPS) is 34.5. The van der Waals surface area contributed by atoms with E-state index in [1.165, 1.54) is 0 Å². The standard InChI is InChI=1S/C16H19NO6S/c17-16(15(20)21)8-10(11-12(13(11)16)14(18)19)24(22,23)7-6-9-4-2-1-3-5-9/h1-5,10-13H,6-8,17H2,(H,18,19)(H,20,21). The van der Waals surface area contributed by atoms with Crippen molar-refractivity contribution in [3.8, 4) is 0 Å². The fourth-order valence-corrected chi connectivity index (χ4v) is 6.21. The number of hydrogen-bond donors (Lipinski definition) is 3. The van der Waals surface area contributed by atoms with Gasteiger partial charge in [-0.1, -0.05) is 30.3 Å². The Morgan fingerprint density at radius 2 is 1.83 bits per heavy atom. The first-order valence-corrected chi connectivity index (χ1v) is 9.40. The van der Waals surface area contributed by atoms with E-state index in [2.05, 4.69) is 0 Å². The van der Waals surface area contributed by atoms with Crippen LogP contribution < -0.4 is 5.73 Å². The summed E-state index contributed by atoms with van der Waals surface area (Å²) in [5, 5.41) is 17.6. The van der Waals surface area contributed by atoms with Gasteiger partial charge < -0.3 is 15.9 Å². The van der Waals surface area contributed by atoms with Crippen LogP contribution in [0.3, 0.4) is 0 Å². The third-order valence-corrected chi connectivity index (χ3v) is 7.48. The van der Waals surface area contributed by atoms with Crippen molar-refractivity contribution in [2.75, 3.05) is 5.75 Å². The van der Waals surface area contributed by atoms with Gasteiger partial charge in [0.05, 0.1) is 16.9 Å². The van der Waals surface area contributed by atoms with Crippen molar-refractivity contribution in [2.45, 2.75) is 23.6 Å². The minimum atomic E-state index is -3.64. The fraction of sp³-hybridized carbons (Fsp3) is 0.500. The number of sulfone groups is 1. The average molecular weight is 353 g/mol. The Hall–Kier alpha value is -1.93. The Balaban J connectivity index is 1.81. The lowest BCUT2D eigenvalue weighted by Gasteiger charge is -2.24. The molecule has 3 rings (SSSR count). The van der Waals surface area contributed by atoms with Gasteiger partial charge in [-0.3, -0.25) is 9.59 Å². The molecule has 5 atom stereocenters. The number of fused-ring (bicyclic) bond motifs is 1. The van der Waals surface area contributed by atoms with E-state index < -0.39 is 50.3 Å². The maximum absolute atomic E-state index is 12.7. The molecule has 0 heterocycles. The van der Waals surface area contributed by atoms with E-state index in [-0.39, 0.29) is 12.2 Å². The Kier molecular flexibility index (Phi) is 3.92. The number of nitrogens with two attached hydrogens (primary N) is 1. The van der Waals surface area contributed by atoms with Gasteiger partial charge in [0.1, 0.15) is 5.54 Å². The van der Waals surface area contributed by atoms with E-state index in [0.717, 1.165) is 5.56 Å². The molecule has 0 amide bonds. The van der Waals surface area contributed by atoms with Crippen LogP contribution in [-0.2, 0) is 25.8 Å². The summed E-state index contributed by atoms with van der Waals surface area (Å²) in [5.41, 5.74) is 4.96. The van der Waals surface area contributed by atoms with Crippen LogP contribution >= 0.6 is 0 Å². The van der Waals surface area contributed by atoms with Gasteiger partial charge in [0.2, 0.25) is 0 Å². The highest BCUT2D eigenvalue weighted by Crippen LogP contribution is 2.63. The molecule has 7 nitrogen and oxygen atoms in total. The zero-order valence-electron chi connectivity index (χ0n) is 12.8. The minimum absolute atomic E-state index is 0.146. The van der Waals surface area contributed by atoms with Gasteiger partial charge in [-0.2, -0.15) is 0 Å². The minimum Gasteiger partial charge on any atom is -0.481 e. The SMILES string of the molecule is NC1(C(=O)O)CC(S(=O)(=O)CCc2ccccc2)C2C(C(=O)O)C21. The number of hydrogen-bond acceptors (Lipinski definition) is 5. The summed E-state index contributed by atoms with van der Waals surface area (Å²) in [6.45, 7) is 0. The van der Waals surface area contributed by atoms with E-state index in [9.17, 15) is 28.2 Å². The Bertz CT molecular complexity index is 777. The summed E-state index contributed by atoms with van der Waals surface area (Å²) in [6.07, 6.45) is 0.0814. The topological polar surface area (TPSA) is 135 Å². The number of carbonyl (C=O) groups is 2. The number of carboxylic acids is 2. The van der Waals surface area contributed by atoms with Crippen molar-refractivity contribution in [3.05, 3.63) is 35.9 Å². The first-order chi connectivity index (χ1) is 11.2. The molecule has 5 unspecified atom stereocenters. The molecular weight excluding hydrogens is 334 g/mol. The highest BCUT2D eigenvalue weighted by molar-refractivity contribution is 7.92. The van der Waals surface area contributed by atoms with Gasteiger partial charge in [-0.05, 0) is 24.3 Å². The van der Waals surface area contributed by atoms with Gasteiger partial charge >= 0.3 is 11.9 Å². The van der Waals surface area contributed by atoms with E-state index in [1.807, 2.05) is 30.3 Å². The Labute approximate surface area is 139 Å². The highest BCUT2D eigenvalue weighted by Gasteiger charge is 2.75. The van der Waals surface area contributed by atoms with E-state index >= 15 is 0 Å². The maximum Gasteiger partial charge on any atom is 0.324 e. The molecule has 0 bridgehead atoms. The van der Waals surface area contributed by atoms with Gasteiger partial charge in [0, 0.05) is 5.92 Å². The number of carboxylic acid groups (broad SMARTS) is 2. The highest BCUT2D eigenvalue weighted by atomic mass is 32.2. The quantitative estimate of drug-likeness (QED) is 0.662. The molecule has 0 spiro atoms. The molecule has 0 aromatic heterocycles. The monoisotopic (exact) mass is 353 g/mol. The third kappa shape index (κ3) is 2.59. The molecular formula is C16H19NO6S. The first kappa shape index (κ1) is 16.9. The first-order valence-electron chi connectivity index (χ1n) is 7.69. The van der Waals surface area contributed by atoms with E-state index in [0.29, 0.717) is 6.42 Å². The summed E-state index contributed by atoms with van der Waals surface area (Å²) in [5.74, 6) is -5.16. The van der Waals surface area contributed by atoms with Crippen molar-refractivity contribution < 1.29 is 28.2 Å². The second kappa shape index (κ2) is 5.56. The second-order valence-electron chi connectivity index (χ2n) is 6.66. The number of rotatable bonds is 6. The largest absolute Gasteiger partial charge is 0.481 e. The Morgan fingerprint density at radius 1 is 1.21 bits per heavy atom. The van der Waals surface area contributed by atoms with Crippen molar-refractivity contribution in [2.24, 2.45) is 23.5 Å². The number of aryl methyl sites for hydroxylation is 1. The molecule has 0 radical (unpaired) electrons. The molecule has 1 aromatic carbocycles. The molecule has 0 aliphatic heterocycles. The third-order valence-electron chi connectivity index (χ3n) is 5.30. The van der Waals surface area contributed by atoms with Crippen LogP contribution in [0.2, 0.25) is 0 Å². The molecule has 0 saturated heterocycles. The van der Waals surface area contributed by atoms with E-state index in [4.69, 9.17) is 5.73 Å². The molecule has 4 N–H and O–H groups in total. The predicted molar refractivity (Wildman–Crippen MR) is 85.0 cm³/mol. The van der Waals surface area contributed by atoms with Gasteiger partial charge in [-0.25, -0.2) is 8.42 Å². The average Bonchev–Trinajstić information content (AvgIpc) is 3.19. The molecule has 2 aliphatic rings. The van der Waals surface area contributed by atoms with Crippen LogP contribution in [0.15, 0.2) is 30.3 Å².